The zero-order chi connectivity index (χ0) is 8.39. The summed E-state index contributed by atoms with van der Waals surface area (Å²) in [7, 11) is 0. The van der Waals surface area contributed by atoms with Crippen LogP contribution in [0.1, 0.15) is 0 Å². The Balaban J connectivity index is 2.48. The summed E-state index contributed by atoms with van der Waals surface area (Å²) >= 11 is 1.60. The topological polar surface area (TPSA) is 38.9 Å². The molecule has 0 aliphatic carbocycles. The van der Waals surface area contributed by atoms with Crippen molar-refractivity contribution in [1.29, 1.82) is 0 Å². The van der Waals surface area contributed by atoms with Crippen LogP contribution < -0.4 is 5.73 Å². The van der Waals surface area contributed by atoms with Gasteiger partial charge in [0.2, 0.25) is 0 Å². The van der Waals surface area contributed by atoms with Crippen molar-refractivity contribution in [2.24, 2.45) is 0 Å². The Morgan fingerprint density at radius 1 is 1.50 bits per heavy atom. The molecular weight excluding hydrogens is 168 g/mol. The lowest BCUT2D eigenvalue weighted by Crippen LogP contribution is -1.84. The molecular formula is C9H7N2S. The summed E-state index contributed by atoms with van der Waals surface area (Å²) in [6.07, 6.45) is 1.78. The van der Waals surface area contributed by atoms with Gasteiger partial charge in [-0.2, -0.15) is 0 Å². The number of anilines is 1. The van der Waals surface area contributed by atoms with E-state index in [1.165, 1.54) is 0 Å². The maximum atomic E-state index is 5.59. The average Bonchev–Trinajstić information content (AvgIpc) is 2.56. The van der Waals surface area contributed by atoms with Crippen LogP contribution in [0.3, 0.4) is 0 Å². The molecule has 1 aromatic carbocycles. The fourth-order valence-electron chi connectivity index (χ4n) is 0.984. The Kier molecular flexibility index (Phi) is 1.80. The van der Waals surface area contributed by atoms with Gasteiger partial charge in [-0.1, -0.05) is 12.1 Å². The van der Waals surface area contributed by atoms with Crippen molar-refractivity contribution in [3.63, 3.8) is 0 Å². The summed E-state index contributed by atoms with van der Waals surface area (Å²) in [5.74, 6) is 0. The molecule has 2 nitrogen and oxygen atoms in total. The quantitative estimate of drug-likeness (QED) is 0.675. The maximum Gasteiger partial charge on any atom is 0.123 e. The zero-order valence-corrected chi connectivity index (χ0v) is 7.14. The monoisotopic (exact) mass is 175 g/mol. The molecule has 0 atom stereocenters. The highest BCUT2D eigenvalue weighted by Gasteiger charge is 1.98. The molecule has 1 radical (unpaired) electrons. The summed E-state index contributed by atoms with van der Waals surface area (Å²) in [6, 6.07) is 8.53. The van der Waals surface area contributed by atoms with Crippen molar-refractivity contribution < 1.29 is 0 Å². The first-order valence-corrected chi connectivity index (χ1v) is 4.41. The van der Waals surface area contributed by atoms with E-state index in [0.29, 0.717) is 5.69 Å². The van der Waals surface area contributed by atoms with Crippen LogP contribution in [0.25, 0.3) is 10.6 Å². The first kappa shape index (κ1) is 7.31. The zero-order valence-electron chi connectivity index (χ0n) is 6.32. The van der Waals surface area contributed by atoms with Gasteiger partial charge in [0.05, 0.1) is 0 Å². The van der Waals surface area contributed by atoms with Crippen molar-refractivity contribution in [1.82, 2.24) is 4.98 Å². The first-order chi connectivity index (χ1) is 5.86. The number of hydrogen-bond acceptors (Lipinski definition) is 3. The molecule has 0 unspecified atom stereocenters. The lowest BCUT2D eigenvalue weighted by Gasteiger charge is -1.95. The minimum atomic E-state index is 0.655. The molecule has 0 fully saturated rings. The van der Waals surface area contributed by atoms with E-state index in [1.807, 2.05) is 23.6 Å². The number of nitrogens with zero attached hydrogens (tertiary/aromatic N) is 1. The van der Waals surface area contributed by atoms with Gasteiger partial charge in [0.25, 0.3) is 0 Å². The van der Waals surface area contributed by atoms with Gasteiger partial charge in [-0.25, -0.2) is 4.98 Å². The molecule has 0 aliphatic heterocycles. The molecule has 3 heteroatoms. The molecule has 0 saturated heterocycles. The third-order valence-electron chi connectivity index (χ3n) is 1.50. The highest BCUT2D eigenvalue weighted by atomic mass is 32.1. The number of thiazole rings is 1. The van der Waals surface area contributed by atoms with E-state index in [-0.39, 0.29) is 0 Å². The van der Waals surface area contributed by atoms with Crippen LogP contribution >= 0.6 is 11.3 Å². The third-order valence-corrected chi connectivity index (χ3v) is 2.33. The van der Waals surface area contributed by atoms with Gasteiger partial charge in [-0.15, -0.1) is 11.3 Å². The molecule has 0 spiro atoms. The van der Waals surface area contributed by atoms with E-state index in [9.17, 15) is 0 Å². The molecule has 59 valence electrons. The maximum absolute atomic E-state index is 5.59. The summed E-state index contributed by atoms with van der Waals surface area (Å²) in [5.41, 5.74) is 7.30. The van der Waals surface area contributed by atoms with Gasteiger partial charge in [0.15, 0.2) is 0 Å². The molecule has 12 heavy (non-hydrogen) atoms. The van der Waals surface area contributed by atoms with Crippen molar-refractivity contribution in [3.8, 4) is 10.6 Å². The summed E-state index contributed by atoms with van der Waals surface area (Å²) in [4.78, 5) is 4.18. The SMILES string of the molecule is Nc1[c]ccc(-c2nccs2)c1. The van der Waals surface area contributed by atoms with Gasteiger partial charge in [0.1, 0.15) is 5.01 Å². The van der Waals surface area contributed by atoms with E-state index in [2.05, 4.69) is 11.1 Å². The largest absolute Gasteiger partial charge is 0.398 e. The van der Waals surface area contributed by atoms with E-state index in [1.54, 1.807) is 17.5 Å². The smallest absolute Gasteiger partial charge is 0.123 e. The Morgan fingerprint density at radius 2 is 2.42 bits per heavy atom. The Morgan fingerprint density at radius 3 is 3.08 bits per heavy atom. The molecule has 2 aromatic rings. The minimum absolute atomic E-state index is 0.655. The minimum Gasteiger partial charge on any atom is -0.398 e. The van der Waals surface area contributed by atoms with Crippen LogP contribution in [-0.2, 0) is 0 Å². The van der Waals surface area contributed by atoms with E-state index < -0.39 is 0 Å². The Labute approximate surface area is 74.7 Å². The fourth-order valence-corrected chi connectivity index (χ4v) is 1.62. The van der Waals surface area contributed by atoms with E-state index in [0.717, 1.165) is 10.6 Å². The Hall–Kier alpha value is -1.35. The number of hydrogen-bond donors (Lipinski definition) is 1. The van der Waals surface area contributed by atoms with Crippen LogP contribution in [0.4, 0.5) is 5.69 Å². The molecule has 0 amide bonds. The molecule has 0 saturated carbocycles. The molecule has 0 aliphatic rings. The third kappa shape index (κ3) is 1.31. The van der Waals surface area contributed by atoms with Crippen molar-refractivity contribution in [3.05, 3.63) is 35.8 Å². The second-order valence-corrected chi connectivity index (χ2v) is 3.26. The molecule has 2 N–H and O–H groups in total. The van der Waals surface area contributed by atoms with Gasteiger partial charge in [0, 0.05) is 28.9 Å². The predicted molar refractivity (Wildman–Crippen MR) is 50.8 cm³/mol. The summed E-state index contributed by atoms with van der Waals surface area (Å²) in [6.45, 7) is 0. The van der Waals surface area contributed by atoms with Crippen LogP contribution in [-0.4, -0.2) is 4.98 Å². The molecule has 0 bridgehead atoms. The molecule has 2 rings (SSSR count). The molecule has 1 heterocycles. The standard InChI is InChI=1S/C9H7N2S/c10-8-3-1-2-7(6-8)9-11-4-5-12-9/h1-2,4-6H,10H2. The number of nitrogen functional groups attached to an aromatic ring is 1. The summed E-state index contributed by atoms with van der Waals surface area (Å²) in [5, 5.41) is 2.94. The van der Waals surface area contributed by atoms with Gasteiger partial charge < -0.3 is 5.73 Å². The van der Waals surface area contributed by atoms with Crippen LogP contribution in [0.5, 0.6) is 0 Å². The highest BCUT2D eigenvalue weighted by molar-refractivity contribution is 7.13. The van der Waals surface area contributed by atoms with Crippen LogP contribution in [0.15, 0.2) is 29.8 Å². The second-order valence-electron chi connectivity index (χ2n) is 2.37. The highest BCUT2D eigenvalue weighted by Crippen LogP contribution is 2.22. The molecule has 1 aromatic heterocycles. The fraction of sp³-hybridized carbons (Fsp3) is 0. The van der Waals surface area contributed by atoms with Gasteiger partial charge in [-0.3, -0.25) is 0 Å². The second kappa shape index (κ2) is 2.95. The number of rotatable bonds is 1. The normalized spacial score (nSPS) is 10.0. The van der Waals surface area contributed by atoms with Gasteiger partial charge >= 0.3 is 0 Å². The van der Waals surface area contributed by atoms with Crippen molar-refractivity contribution >= 4 is 17.0 Å². The van der Waals surface area contributed by atoms with Crippen molar-refractivity contribution in [2.45, 2.75) is 0 Å². The lowest BCUT2D eigenvalue weighted by atomic mass is 10.2. The van der Waals surface area contributed by atoms with Crippen LogP contribution in [0.2, 0.25) is 0 Å². The van der Waals surface area contributed by atoms with E-state index >= 15 is 0 Å². The number of nitrogens with two attached hydrogens (primary N) is 1. The van der Waals surface area contributed by atoms with Crippen molar-refractivity contribution in [2.75, 3.05) is 5.73 Å². The number of aromatic nitrogens is 1. The summed E-state index contributed by atoms with van der Waals surface area (Å²) < 4.78 is 0. The number of benzene rings is 1. The average molecular weight is 175 g/mol. The lowest BCUT2D eigenvalue weighted by molar-refractivity contribution is 1.41. The van der Waals surface area contributed by atoms with Gasteiger partial charge in [-0.05, 0) is 6.07 Å². The van der Waals surface area contributed by atoms with Crippen LogP contribution in [0, 0.1) is 6.07 Å². The predicted octanol–water partition coefficient (Wildman–Crippen LogP) is 2.19. The Bertz CT molecular complexity index is 368. The van der Waals surface area contributed by atoms with E-state index in [4.69, 9.17) is 5.73 Å². The first-order valence-electron chi connectivity index (χ1n) is 3.53.